The van der Waals surface area contributed by atoms with E-state index in [1.807, 2.05) is 53.4 Å². The summed E-state index contributed by atoms with van der Waals surface area (Å²) in [7, 11) is 0. The standard InChI is InChI=1S/C20H18N2OS/c1-14-12-16-6-2-3-9-17(16)22(14)19(23)13-24-18-10-4-7-15-8-5-11-21-20(15)18/h2-11,14H,12-13H2,1H3. The van der Waals surface area contributed by atoms with Gasteiger partial charge in [0.05, 0.1) is 11.3 Å². The zero-order valence-electron chi connectivity index (χ0n) is 13.5. The second-order valence-electron chi connectivity index (χ2n) is 6.07. The van der Waals surface area contributed by atoms with Crippen LogP contribution in [0.1, 0.15) is 12.5 Å². The number of benzene rings is 2. The van der Waals surface area contributed by atoms with Gasteiger partial charge in [0.15, 0.2) is 0 Å². The average Bonchev–Trinajstić information content (AvgIpc) is 2.95. The molecule has 2 heterocycles. The molecule has 1 aliphatic heterocycles. The van der Waals surface area contributed by atoms with E-state index in [1.165, 1.54) is 5.56 Å². The van der Waals surface area contributed by atoms with Crippen LogP contribution in [0.3, 0.4) is 0 Å². The lowest BCUT2D eigenvalue weighted by molar-refractivity contribution is -0.116. The summed E-state index contributed by atoms with van der Waals surface area (Å²) in [5.74, 6) is 0.583. The van der Waals surface area contributed by atoms with Gasteiger partial charge in [-0.1, -0.05) is 36.4 Å². The first-order valence-corrected chi connectivity index (χ1v) is 9.09. The molecule has 0 N–H and O–H groups in total. The Labute approximate surface area is 145 Å². The minimum atomic E-state index is 0.158. The fourth-order valence-electron chi connectivity index (χ4n) is 3.35. The molecule has 120 valence electrons. The Morgan fingerprint density at radius 1 is 1.17 bits per heavy atom. The van der Waals surface area contributed by atoms with Crippen molar-refractivity contribution in [3.63, 3.8) is 0 Å². The molecule has 2 aromatic carbocycles. The van der Waals surface area contributed by atoms with Crippen molar-refractivity contribution in [1.29, 1.82) is 0 Å². The minimum Gasteiger partial charge on any atom is -0.308 e. The molecule has 24 heavy (non-hydrogen) atoms. The molecule has 1 aromatic heterocycles. The van der Waals surface area contributed by atoms with Gasteiger partial charge in [0, 0.05) is 28.2 Å². The third-order valence-corrected chi connectivity index (χ3v) is 5.45. The molecule has 1 atom stereocenters. The first-order chi connectivity index (χ1) is 11.7. The maximum Gasteiger partial charge on any atom is 0.237 e. The first-order valence-electron chi connectivity index (χ1n) is 8.10. The van der Waals surface area contributed by atoms with Gasteiger partial charge in [0.1, 0.15) is 0 Å². The molecule has 3 aromatic rings. The molecule has 3 nitrogen and oxygen atoms in total. The number of para-hydroxylation sites is 2. The molecule has 0 fully saturated rings. The number of amides is 1. The van der Waals surface area contributed by atoms with E-state index in [0.29, 0.717) is 5.75 Å². The number of rotatable bonds is 3. The minimum absolute atomic E-state index is 0.158. The number of hydrogen-bond donors (Lipinski definition) is 0. The highest BCUT2D eigenvalue weighted by molar-refractivity contribution is 8.00. The molecule has 0 radical (unpaired) electrons. The van der Waals surface area contributed by atoms with Crippen LogP contribution in [0.25, 0.3) is 10.9 Å². The van der Waals surface area contributed by atoms with Gasteiger partial charge < -0.3 is 4.90 Å². The van der Waals surface area contributed by atoms with Gasteiger partial charge in [-0.15, -0.1) is 11.8 Å². The molecular weight excluding hydrogens is 316 g/mol. The Morgan fingerprint density at radius 3 is 2.92 bits per heavy atom. The van der Waals surface area contributed by atoms with E-state index in [-0.39, 0.29) is 11.9 Å². The van der Waals surface area contributed by atoms with Crippen LogP contribution < -0.4 is 4.90 Å². The molecule has 1 amide bonds. The smallest absolute Gasteiger partial charge is 0.237 e. The topological polar surface area (TPSA) is 33.2 Å². The normalized spacial score (nSPS) is 16.4. The Balaban J connectivity index is 1.55. The van der Waals surface area contributed by atoms with Gasteiger partial charge in [0.25, 0.3) is 0 Å². The van der Waals surface area contributed by atoms with Crippen LogP contribution >= 0.6 is 11.8 Å². The summed E-state index contributed by atoms with van der Waals surface area (Å²) >= 11 is 1.57. The molecule has 4 rings (SSSR count). The largest absolute Gasteiger partial charge is 0.308 e. The molecule has 0 aliphatic carbocycles. The van der Waals surface area contributed by atoms with Gasteiger partial charge in [-0.3, -0.25) is 9.78 Å². The number of nitrogens with zero attached hydrogens (tertiary/aromatic N) is 2. The highest BCUT2D eigenvalue weighted by atomic mass is 32.2. The van der Waals surface area contributed by atoms with Gasteiger partial charge in [-0.25, -0.2) is 0 Å². The second kappa shape index (κ2) is 6.29. The third-order valence-electron chi connectivity index (χ3n) is 4.42. The van der Waals surface area contributed by atoms with Crippen LogP contribution in [0.2, 0.25) is 0 Å². The maximum atomic E-state index is 12.8. The van der Waals surface area contributed by atoms with Crippen molar-refractivity contribution >= 4 is 34.3 Å². The van der Waals surface area contributed by atoms with Crippen molar-refractivity contribution in [2.24, 2.45) is 0 Å². The van der Waals surface area contributed by atoms with E-state index in [2.05, 4.69) is 18.0 Å². The lowest BCUT2D eigenvalue weighted by Crippen LogP contribution is -2.36. The zero-order valence-corrected chi connectivity index (χ0v) is 14.3. The fraction of sp³-hybridized carbons (Fsp3) is 0.200. The molecule has 0 saturated carbocycles. The van der Waals surface area contributed by atoms with Crippen molar-refractivity contribution in [1.82, 2.24) is 4.98 Å². The molecule has 4 heteroatoms. The average molecular weight is 334 g/mol. The lowest BCUT2D eigenvalue weighted by atomic mass is 10.1. The number of fused-ring (bicyclic) bond motifs is 2. The van der Waals surface area contributed by atoms with E-state index in [0.717, 1.165) is 27.9 Å². The second-order valence-corrected chi connectivity index (χ2v) is 7.08. The number of aromatic nitrogens is 1. The van der Waals surface area contributed by atoms with E-state index in [4.69, 9.17) is 0 Å². The quantitative estimate of drug-likeness (QED) is 0.669. The number of carbonyl (C=O) groups is 1. The predicted octanol–water partition coefficient (Wildman–Crippen LogP) is 4.30. The van der Waals surface area contributed by atoms with Crippen molar-refractivity contribution < 1.29 is 4.79 Å². The fourth-order valence-corrected chi connectivity index (χ4v) is 4.25. The molecule has 0 spiro atoms. The van der Waals surface area contributed by atoms with E-state index in [1.54, 1.807) is 18.0 Å². The monoisotopic (exact) mass is 334 g/mol. The number of anilines is 1. The summed E-state index contributed by atoms with van der Waals surface area (Å²) in [6.07, 6.45) is 2.73. The van der Waals surface area contributed by atoms with Crippen molar-refractivity contribution in [2.75, 3.05) is 10.7 Å². The van der Waals surface area contributed by atoms with E-state index in [9.17, 15) is 4.79 Å². The molecule has 0 bridgehead atoms. The highest BCUT2D eigenvalue weighted by Crippen LogP contribution is 2.33. The predicted molar refractivity (Wildman–Crippen MR) is 99.6 cm³/mol. The Morgan fingerprint density at radius 2 is 2.00 bits per heavy atom. The molecular formula is C20H18N2OS. The molecule has 1 unspecified atom stereocenters. The van der Waals surface area contributed by atoms with Crippen LogP contribution in [-0.2, 0) is 11.2 Å². The molecule has 1 aliphatic rings. The van der Waals surface area contributed by atoms with Crippen molar-refractivity contribution in [2.45, 2.75) is 24.3 Å². The summed E-state index contributed by atoms with van der Waals surface area (Å²) in [4.78, 5) is 20.3. The van der Waals surface area contributed by atoms with Crippen molar-refractivity contribution in [3.05, 3.63) is 66.4 Å². The van der Waals surface area contributed by atoms with Gasteiger partial charge in [-0.05, 0) is 37.1 Å². The van der Waals surface area contributed by atoms with Crippen LogP contribution in [0, 0.1) is 0 Å². The van der Waals surface area contributed by atoms with E-state index >= 15 is 0 Å². The summed E-state index contributed by atoms with van der Waals surface area (Å²) in [5.41, 5.74) is 3.29. The summed E-state index contributed by atoms with van der Waals surface area (Å²) < 4.78 is 0. The SMILES string of the molecule is CC1Cc2ccccc2N1C(=O)CSc1cccc2cccnc12. The summed E-state index contributed by atoms with van der Waals surface area (Å²) in [5, 5.41) is 1.11. The number of carbonyl (C=O) groups excluding carboxylic acids is 1. The van der Waals surface area contributed by atoms with Crippen LogP contribution in [0.4, 0.5) is 5.69 Å². The van der Waals surface area contributed by atoms with Gasteiger partial charge >= 0.3 is 0 Å². The third kappa shape index (κ3) is 2.67. The number of pyridine rings is 1. The summed E-state index contributed by atoms with van der Waals surface area (Å²) in [6, 6.07) is 18.5. The number of hydrogen-bond acceptors (Lipinski definition) is 3. The van der Waals surface area contributed by atoms with Crippen LogP contribution in [0.5, 0.6) is 0 Å². The lowest BCUT2D eigenvalue weighted by Gasteiger charge is -2.22. The Hall–Kier alpha value is -2.33. The first kappa shape index (κ1) is 15.2. The van der Waals surface area contributed by atoms with Crippen LogP contribution in [0.15, 0.2) is 65.7 Å². The van der Waals surface area contributed by atoms with Gasteiger partial charge in [0.2, 0.25) is 5.91 Å². The van der Waals surface area contributed by atoms with Gasteiger partial charge in [-0.2, -0.15) is 0 Å². The van der Waals surface area contributed by atoms with Crippen molar-refractivity contribution in [3.8, 4) is 0 Å². The Kier molecular flexibility index (Phi) is 3.98. The maximum absolute atomic E-state index is 12.8. The summed E-state index contributed by atoms with van der Waals surface area (Å²) in [6.45, 7) is 2.11. The molecule has 0 saturated heterocycles. The zero-order chi connectivity index (χ0) is 16.5. The highest BCUT2D eigenvalue weighted by Gasteiger charge is 2.30. The number of thioether (sulfide) groups is 1. The Bertz CT molecular complexity index is 904. The van der Waals surface area contributed by atoms with Crippen LogP contribution in [-0.4, -0.2) is 22.7 Å². The van der Waals surface area contributed by atoms with E-state index < -0.39 is 0 Å².